The maximum absolute atomic E-state index is 13.7. The van der Waals surface area contributed by atoms with Gasteiger partial charge in [0, 0.05) is 18.9 Å². The normalized spacial score (nSPS) is 20.4. The van der Waals surface area contributed by atoms with E-state index < -0.39 is 17.9 Å². The molecule has 2 bridgehead atoms. The van der Waals surface area contributed by atoms with E-state index in [4.69, 9.17) is 9.36 Å². The second-order valence-corrected chi connectivity index (χ2v) is 11.3. The lowest BCUT2D eigenvalue weighted by molar-refractivity contribution is -0.140. The number of hydrogen-bond donors (Lipinski definition) is 3. The Balaban J connectivity index is 1.86. The van der Waals surface area contributed by atoms with Crippen LogP contribution in [0.4, 0.5) is 0 Å². The summed E-state index contributed by atoms with van der Waals surface area (Å²) in [6.07, 6.45) is 3.60. The van der Waals surface area contributed by atoms with E-state index in [1.807, 2.05) is 78.4 Å². The van der Waals surface area contributed by atoms with Gasteiger partial charge in [0.05, 0.1) is 12.5 Å². The Morgan fingerprint density at radius 2 is 1.89 bits per heavy atom. The molecule has 2 aliphatic heterocycles. The Bertz CT molecular complexity index is 1060. The number of unbranched alkanes of at least 4 members (excludes halogenated alkanes) is 1. The Hall–Kier alpha value is -2.17. The number of amides is 3. The molecular weight excluding hydrogens is 615 g/mol. The zero-order chi connectivity index (χ0) is 27.3. The third kappa shape index (κ3) is 9.54. The molecule has 8 nitrogen and oxygen atoms in total. The molecule has 0 saturated carbocycles. The standard InChI is InChI=1S/C27H36BIN3O5P/c1-2-3-5-22-23(26(34)32-37-38-29)6-4-15-36-21-13-9-18(10-14-21)16-24(31-25(22)33)27(35)30-17-19-7-11-20(28)12-8-19/h7-14,22-24,38H,2-6,15-17,28H2,1H3,(H,30,35)(H,31,33)(H,32,34)/t22-,23+,24+/m1/s1. The van der Waals surface area contributed by atoms with Crippen molar-refractivity contribution in [1.82, 2.24) is 16.1 Å². The van der Waals surface area contributed by atoms with Crippen LogP contribution < -0.4 is 26.3 Å². The van der Waals surface area contributed by atoms with Crippen molar-refractivity contribution in [3.63, 3.8) is 0 Å². The van der Waals surface area contributed by atoms with E-state index >= 15 is 0 Å². The Labute approximate surface area is 240 Å². The predicted octanol–water partition coefficient (Wildman–Crippen LogP) is 2.88. The van der Waals surface area contributed by atoms with Crippen LogP contribution in [0.5, 0.6) is 5.75 Å². The molecule has 0 aliphatic carbocycles. The largest absolute Gasteiger partial charge is 0.494 e. The third-order valence-corrected chi connectivity index (χ3v) is 7.57. The van der Waals surface area contributed by atoms with E-state index in [1.54, 1.807) is 0 Å². The van der Waals surface area contributed by atoms with E-state index in [9.17, 15) is 14.4 Å². The Morgan fingerprint density at radius 3 is 2.58 bits per heavy atom. The van der Waals surface area contributed by atoms with Gasteiger partial charge in [0.2, 0.25) is 17.7 Å². The molecule has 2 aliphatic rings. The first-order chi connectivity index (χ1) is 18.4. The van der Waals surface area contributed by atoms with Gasteiger partial charge in [-0.1, -0.05) is 61.6 Å². The topological polar surface area (TPSA) is 106 Å². The predicted molar refractivity (Wildman–Crippen MR) is 161 cm³/mol. The second-order valence-electron chi connectivity index (χ2n) is 9.60. The maximum Gasteiger partial charge on any atom is 0.247 e. The molecule has 0 fully saturated rings. The van der Waals surface area contributed by atoms with Gasteiger partial charge in [-0.2, -0.15) is 0 Å². The number of hydrogen-bond acceptors (Lipinski definition) is 5. The molecule has 0 radical (unpaired) electrons. The third-order valence-electron chi connectivity index (χ3n) is 6.73. The average Bonchev–Trinajstić information content (AvgIpc) is 2.92. The van der Waals surface area contributed by atoms with Crippen LogP contribution in [0.15, 0.2) is 48.5 Å². The van der Waals surface area contributed by atoms with Crippen LogP contribution in [0, 0.1) is 11.8 Å². The second kappa shape index (κ2) is 16.1. The van der Waals surface area contributed by atoms with Crippen LogP contribution in [0.25, 0.3) is 0 Å². The smallest absolute Gasteiger partial charge is 0.247 e. The van der Waals surface area contributed by atoms with Gasteiger partial charge < -0.3 is 15.4 Å². The highest BCUT2D eigenvalue weighted by molar-refractivity contribution is 14.2. The van der Waals surface area contributed by atoms with Crippen molar-refractivity contribution in [2.75, 3.05) is 6.61 Å². The number of hydroxylamine groups is 1. The maximum atomic E-state index is 13.7. The van der Waals surface area contributed by atoms with Crippen LogP contribution >= 0.6 is 28.5 Å². The molecule has 3 N–H and O–H groups in total. The van der Waals surface area contributed by atoms with Crippen molar-refractivity contribution in [3.8, 4) is 5.75 Å². The first-order valence-corrected chi connectivity index (χ1v) is 17.1. The number of nitrogens with one attached hydrogen (secondary N) is 3. The zero-order valence-electron chi connectivity index (χ0n) is 21.9. The van der Waals surface area contributed by atoms with E-state index in [-0.39, 0.29) is 24.2 Å². The molecule has 4 atom stereocenters. The Morgan fingerprint density at radius 1 is 1.16 bits per heavy atom. The molecule has 4 rings (SSSR count). The van der Waals surface area contributed by atoms with Gasteiger partial charge in [-0.3, -0.25) is 14.4 Å². The monoisotopic (exact) mass is 651 g/mol. The van der Waals surface area contributed by atoms with Crippen molar-refractivity contribution < 1.29 is 23.7 Å². The molecular formula is C27H36BIN3O5P. The number of rotatable bonds is 9. The minimum atomic E-state index is -0.789. The first kappa shape index (κ1) is 30.4. The van der Waals surface area contributed by atoms with Crippen molar-refractivity contribution in [3.05, 3.63) is 59.7 Å². The summed E-state index contributed by atoms with van der Waals surface area (Å²) in [7, 11) is 2.01. The summed E-state index contributed by atoms with van der Waals surface area (Å²) < 4.78 is 11.1. The highest BCUT2D eigenvalue weighted by atomic mass is 127. The molecule has 2 aromatic carbocycles. The van der Waals surface area contributed by atoms with E-state index in [0.29, 0.717) is 38.8 Å². The number of ether oxygens (including phenoxy) is 1. The number of benzene rings is 2. The lowest BCUT2D eigenvalue weighted by Gasteiger charge is -2.28. The van der Waals surface area contributed by atoms with Crippen LogP contribution in [-0.2, 0) is 32.0 Å². The van der Waals surface area contributed by atoms with Gasteiger partial charge in [-0.25, -0.2) is 10.1 Å². The SMILES string of the molecule is Bc1ccc(CNC(=O)[C@@H]2Cc3ccc(cc3)OCCC[C@H](C(=O)NOPI)[C@@H](CCCC)C(=O)N2)cc1. The molecule has 204 valence electrons. The molecule has 11 heteroatoms. The fourth-order valence-corrected chi connectivity index (χ4v) is 5.03. The fourth-order valence-electron chi connectivity index (χ4n) is 4.56. The van der Waals surface area contributed by atoms with Gasteiger partial charge >= 0.3 is 0 Å². The summed E-state index contributed by atoms with van der Waals surface area (Å²) in [5.74, 6) is -1.34. The van der Waals surface area contributed by atoms with Gasteiger partial charge in [-0.05, 0) is 64.6 Å². The minimum absolute atomic E-state index is 0.0618. The van der Waals surface area contributed by atoms with Crippen LogP contribution in [0.3, 0.4) is 0 Å². The summed E-state index contributed by atoms with van der Waals surface area (Å²) >= 11 is 2.03. The molecule has 0 saturated heterocycles. The first-order valence-electron chi connectivity index (χ1n) is 13.1. The van der Waals surface area contributed by atoms with E-state index in [2.05, 4.69) is 23.0 Å². The van der Waals surface area contributed by atoms with Crippen molar-refractivity contribution in [2.24, 2.45) is 11.8 Å². The van der Waals surface area contributed by atoms with Crippen LogP contribution in [0.2, 0.25) is 0 Å². The average molecular weight is 651 g/mol. The van der Waals surface area contributed by atoms with Crippen molar-refractivity contribution >= 4 is 59.5 Å². The van der Waals surface area contributed by atoms with Crippen molar-refractivity contribution in [2.45, 2.75) is 58.0 Å². The van der Waals surface area contributed by atoms with Crippen LogP contribution in [-0.4, -0.2) is 38.2 Å². The molecule has 2 aromatic rings. The molecule has 3 amide bonds. The minimum Gasteiger partial charge on any atom is -0.494 e. The Kier molecular flexibility index (Phi) is 12.8. The lowest BCUT2D eigenvalue weighted by atomic mass is 9.83. The summed E-state index contributed by atoms with van der Waals surface area (Å²) in [5.41, 5.74) is 5.53. The molecule has 1 unspecified atom stereocenters. The van der Waals surface area contributed by atoms with Gasteiger partial charge in [0.1, 0.15) is 26.1 Å². The van der Waals surface area contributed by atoms with Gasteiger partial charge in [-0.15, -0.1) is 0 Å². The highest BCUT2D eigenvalue weighted by Gasteiger charge is 2.35. The van der Waals surface area contributed by atoms with E-state index in [0.717, 1.165) is 35.2 Å². The number of carbonyl (C=O) groups is 3. The summed E-state index contributed by atoms with van der Waals surface area (Å²) in [4.78, 5) is 40.2. The number of fused-ring (bicyclic) bond motifs is 11. The summed E-state index contributed by atoms with van der Waals surface area (Å²) in [6.45, 7) is 2.90. The zero-order valence-corrected chi connectivity index (χ0v) is 25.1. The number of carbonyl (C=O) groups excluding carboxylic acids is 3. The quantitative estimate of drug-likeness (QED) is 0.168. The van der Waals surface area contributed by atoms with Gasteiger partial charge in [0.15, 0.2) is 0 Å². The number of halogens is 1. The summed E-state index contributed by atoms with van der Waals surface area (Å²) in [5, 5.41) is 5.98. The van der Waals surface area contributed by atoms with Crippen LogP contribution in [0.1, 0.15) is 50.2 Å². The molecule has 38 heavy (non-hydrogen) atoms. The summed E-state index contributed by atoms with van der Waals surface area (Å²) in [6, 6.07) is 14.7. The fraction of sp³-hybridized carbons (Fsp3) is 0.444. The van der Waals surface area contributed by atoms with Gasteiger partial charge in [0.25, 0.3) is 0 Å². The molecule has 2 heterocycles. The lowest BCUT2D eigenvalue weighted by Crippen LogP contribution is -2.51. The molecule has 0 spiro atoms. The van der Waals surface area contributed by atoms with E-state index in [1.165, 1.54) is 0 Å². The van der Waals surface area contributed by atoms with Crippen molar-refractivity contribution in [1.29, 1.82) is 0 Å². The highest BCUT2D eigenvalue weighted by Crippen LogP contribution is 2.27. The molecule has 0 aromatic heterocycles.